The zero-order valence-corrected chi connectivity index (χ0v) is 14.5. The van der Waals surface area contributed by atoms with Crippen LogP contribution in [0.4, 0.5) is 0 Å². The van der Waals surface area contributed by atoms with E-state index in [4.69, 9.17) is 4.42 Å². The Morgan fingerprint density at radius 3 is 2.36 bits per heavy atom. The number of hydrogen-bond donors (Lipinski definition) is 0. The molecule has 5 heterocycles. The third-order valence-electron chi connectivity index (χ3n) is 5.71. The van der Waals surface area contributed by atoms with Gasteiger partial charge in [-0.2, -0.15) is 0 Å². The molecule has 0 aliphatic rings. The fourth-order valence-corrected chi connectivity index (χ4v) is 4.59. The van der Waals surface area contributed by atoms with E-state index >= 15 is 0 Å². The lowest BCUT2D eigenvalue weighted by atomic mass is 10.0. The maximum Gasteiger partial charge on any atom is 0.201 e. The molecule has 0 bridgehead atoms. The summed E-state index contributed by atoms with van der Waals surface area (Å²) in [5.41, 5.74) is 4.18. The molecule has 0 aliphatic carbocycles. The molecule has 5 nitrogen and oxygen atoms in total. The maximum atomic E-state index is 13.5. The number of benzene rings is 2. The number of para-hydroxylation sites is 1. The summed E-state index contributed by atoms with van der Waals surface area (Å²) in [6, 6.07) is 13.4. The van der Waals surface area contributed by atoms with Crippen molar-refractivity contribution < 1.29 is 4.42 Å². The molecule has 28 heavy (non-hydrogen) atoms. The molecule has 0 fully saturated rings. The summed E-state index contributed by atoms with van der Waals surface area (Å²) in [5, 5.41) is 5.26. The SMILES string of the molecule is O=c1c2ccccc2oc2cc3c4ccncc4n4c5cnccc5c(c12)c34. The minimum Gasteiger partial charge on any atom is -0.456 e. The van der Waals surface area contributed by atoms with Gasteiger partial charge in [-0.25, -0.2) is 0 Å². The first-order chi connectivity index (χ1) is 13.8. The molecule has 0 aliphatic heterocycles. The molecule has 0 radical (unpaired) electrons. The maximum absolute atomic E-state index is 13.5. The molecule has 0 saturated carbocycles. The van der Waals surface area contributed by atoms with Crippen molar-refractivity contribution in [1.29, 1.82) is 0 Å². The standard InChI is InChI=1S/C23H11N3O2/c27-23-14-3-1-2-4-18(14)28-19-9-15-12-5-7-24-10-16(12)26-17-11-25-8-6-13(17)20(21(19)23)22(15)26/h1-11H. The van der Waals surface area contributed by atoms with E-state index in [1.807, 2.05) is 54.9 Å². The number of pyridine rings is 2. The summed E-state index contributed by atoms with van der Waals surface area (Å²) in [7, 11) is 0. The van der Waals surface area contributed by atoms with E-state index in [-0.39, 0.29) is 5.43 Å². The summed E-state index contributed by atoms with van der Waals surface area (Å²) in [4.78, 5) is 22.1. The molecule has 0 amide bonds. The van der Waals surface area contributed by atoms with E-state index in [1.165, 1.54) is 0 Å². The van der Waals surface area contributed by atoms with Crippen LogP contribution in [0.15, 0.2) is 76.5 Å². The summed E-state index contributed by atoms with van der Waals surface area (Å²) in [6.07, 6.45) is 7.25. The Hall–Kier alpha value is -3.99. The second-order valence-electron chi connectivity index (χ2n) is 7.07. The number of rotatable bonds is 0. The Kier molecular flexibility index (Phi) is 2.34. The zero-order chi connectivity index (χ0) is 18.4. The zero-order valence-electron chi connectivity index (χ0n) is 14.5. The first kappa shape index (κ1) is 14.1. The van der Waals surface area contributed by atoms with Crippen molar-refractivity contribution in [3.05, 3.63) is 77.5 Å². The minimum atomic E-state index is -0.00616. The van der Waals surface area contributed by atoms with Crippen LogP contribution in [0.3, 0.4) is 0 Å². The summed E-state index contributed by atoms with van der Waals surface area (Å²) >= 11 is 0. The lowest BCUT2D eigenvalue weighted by molar-refractivity contribution is 0.661. The molecule has 2 aromatic carbocycles. The number of hydrogen-bond acceptors (Lipinski definition) is 4. The Morgan fingerprint density at radius 2 is 1.50 bits per heavy atom. The second-order valence-corrected chi connectivity index (χ2v) is 7.07. The quantitative estimate of drug-likeness (QED) is 0.361. The highest BCUT2D eigenvalue weighted by molar-refractivity contribution is 6.30. The van der Waals surface area contributed by atoms with Crippen LogP contribution in [0, 0.1) is 0 Å². The van der Waals surface area contributed by atoms with Gasteiger partial charge in [0.15, 0.2) is 0 Å². The monoisotopic (exact) mass is 361 g/mol. The molecule has 0 unspecified atom stereocenters. The summed E-state index contributed by atoms with van der Waals surface area (Å²) in [5.74, 6) is 0. The first-order valence-corrected chi connectivity index (χ1v) is 9.04. The first-order valence-electron chi connectivity index (χ1n) is 9.04. The Morgan fingerprint density at radius 1 is 0.750 bits per heavy atom. The third kappa shape index (κ3) is 1.48. The van der Waals surface area contributed by atoms with Crippen molar-refractivity contribution in [2.24, 2.45) is 0 Å². The van der Waals surface area contributed by atoms with E-state index in [2.05, 4.69) is 14.4 Å². The van der Waals surface area contributed by atoms with Crippen LogP contribution in [0.5, 0.6) is 0 Å². The molecule has 0 spiro atoms. The van der Waals surface area contributed by atoms with Crippen molar-refractivity contribution in [3.63, 3.8) is 0 Å². The van der Waals surface area contributed by atoms with Crippen LogP contribution in [0.2, 0.25) is 0 Å². The molecular formula is C23H11N3O2. The van der Waals surface area contributed by atoms with Crippen molar-refractivity contribution in [2.45, 2.75) is 0 Å². The molecule has 7 aromatic rings. The van der Waals surface area contributed by atoms with Crippen LogP contribution in [-0.2, 0) is 0 Å². The van der Waals surface area contributed by atoms with Gasteiger partial charge in [-0.05, 0) is 30.3 Å². The number of fused-ring (bicyclic) bond motifs is 9. The van der Waals surface area contributed by atoms with Crippen LogP contribution < -0.4 is 5.43 Å². The summed E-state index contributed by atoms with van der Waals surface area (Å²) < 4.78 is 8.35. The van der Waals surface area contributed by atoms with Gasteiger partial charge in [-0.15, -0.1) is 0 Å². The highest BCUT2D eigenvalue weighted by Gasteiger charge is 2.22. The van der Waals surface area contributed by atoms with Crippen LogP contribution in [-0.4, -0.2) is 14.4 Å². The fourth-order valence-electron chi connectivity index (χ4n) is 4.59. The largest absolute Gasteiger partial charge is 0.456 e. The van der Waals surface area contributed by atoms with Crippen molar-refractivity contribution >= 4 is 60.0 Å². The van der Waals surface area contributed by atoms with Crippen LogP contribution in [0.1, 0.15) is 0 Å². The third-order valence-corrected chi connectivity index (χ3v) is 5.71. The van der Waals surface area contributed by atoms with Crippen molar-refractivity contribution in [3.8, 4) is 0 Å². The van der Waals surface area contributed by atoms with Gasteiger partial charge in [0.2, 0.25) is 5.43 Å². The van der Waals surface area contributed by atoms with Gasteiger partial charge in [0.25, 0.3) is 0 Å². The molecule has 0 N–H and O–H groups in total. The molecule has 5 heteroatoms. The van der Waals surface area contributed by atoms with E-state index in [0.717, 1.165) is 38.1 Å². The summed E-state index contributed by atoms with van der Waals surface area (Å²) in [6.45, 7) is 0. The molecule has 7 rings (SSSR count). The van der Waals surface area contributed by atoms with Crippen LogP contribution >= 0.6 is 0 Å². The van der Waals surface area contributed by atoms with Gasteiger partial charge < -0.3 is 8.82 Å². The van der Waals surface area contributed by atoms with Gasteiger partial charge in [-0.3, -0.25) is 14.8 Å². The normalized spacial score (nSPS) is 12.4. The lowest BCUT2D eigenvalue weighted by Gasteiger charge is -2.04. The lowest BCUT2D eigenvalue weighted by Crippen LogP contribution is -2.02. The average molecular weight is 361 g/mol. The minimum absolute atomic E-state index is 0.00616. The van der Waals surface area contributed by atoms with Gasteiger partial charge in [0, 0.05) is 33.9 Å². The van der Waals surface area contributed by atoms with Gasteiger partial charge in [-0.1, -0.05) is 12.1 Å². The average Bonchev–Trinajstić information content (AvgIpc) is 3.25. The van der Waals surface area contributed by atoms with Gasteiger partial charge >= 0.3 is 0 Å². The Bertz CT molecular complexity index is 1790. The fraction of sp³-hybridized carbons (Fsp3) is 0. The topological polar surface area (TPSA) is 60.4 Å². The Labute approximate surface area is 156 Å². The molecule has 130 valence electrons. The number of nitrogens with zero attached hydrogens (tertiary/aromatic N) is 3. The van der Waals surface area contributed by atoms with Gasteiger partial charge in [0.1, 0.15) is 11.2 Å². The van der Waals surface area contributed by atoms with Crippen LogP contribution in [0.25, 0.3) is 60.0 Å². The predicted octanol–water partition coefficient (Wildman–Crippen LogP) is 4.89. The van der Waals surface area contributed by atoms with Crippen molar-refractivity contribution in [1.82, 2.24) is 14.4 Å². The highest BCUT2D eigenvalue weighted by atomic mass is 16.3. The Balaban J connectivity index is 1.95. The predicted molar refractivity (Wildman–Crippen MR) is 110 cm³/mol. The number of aromatic nitrogens is 3. The molecular weight excluding hydrogens is 350 g/mol. The van der Waals surface area contributed by atoms with E-state index < -0.39 is 0 Å². The highest BCUT2D eigenvalue weighted by Crippen LogP contribution is 2.41. The molecule has 5 aromatic heterocycles. The van der Waals surface area contributed by atoms with Gasteiger partial charge in [0.05, 0.1) is 39.7 Å². The second kappa shape index (κ2) is 4.64. The van der Waals surface area contributed by atoms with E-state index in [9.17, 15) is 4.79 Å². The van der Waals surface area contributed by atoms with E-state index in [1.54, 1.807) is 12.4 Å². The van der Waals surface area contributed by atoms with Crippen molar-refractivity contribution in [2.75, 3.05) is 0 Å². The smallest absolute Gasteiger partial charge is 0.201 e. The van der Waals surface area contributed by atoms with E-state index in [0.29, 0.717) is 21.9 Å². The molecule has 0 saturated heterocycles. The molecule has 0 atom stereocenters.